The third-order valence-corrected chi connectivity index (χ3v) is 6.22. The van der Waals surface area contributed by atoms with Crippen LogP contribution in [0.2, 0.25) is 0 Å². The maximum Gasteiger partial charge on any atom is 0.326 e. The quantitative estimate of drug-likeness (QED) is 0.114. The van der Waals surface area contributed by atoms with E-state index in [1.165, 1.54) is 24.3 Å². The van der Waals surface area contributed by atoms with Gasteiger partial charge in [-0.25, -0.2) is 4.79 Å². The van der Waals surface area contributed by atoms with Gasteiger partial charge in [-0.2, -0.15) is 0 Å². The summed E-state index contributed by atoms with van der Waals surface area (Å²) in [6.07, 6.45) is -1.32. The zero-order valence-corrected chi connectivity index (χ0v) is 22.7. The number of nitrogens with two attached hydrogens (primary N) is 2. The van der Waals surface area contributed by atoms with E-state index in [9.17, 15) is 39.0 Å². The molecule has 14 nitrogen and oxygen atoms in total. The van der Waals surface area contributed by atoms with Crippen molar-refractivity contribution < 1.29 is 44.1 Å². The summed E-state index contributed by atoms with van der Waals surface area (Å²) in [7, 11) is 0. The Morgan fingerprint density at radius 2 is 1.19 bits per heavy atom. The lowest BCUT2D eigenvalue weighted by Crippen LogP contribution is -2.58. The minimum absolute atomic E-state index is 0.0344. The predicted octanol–water partition coefficient (Wildman–Crippen LogP) is -0.826. The second-order valence-electron chi connectivity index (χ2n) is 9.63. The van der Waals surface area contributed by atoms with Gasteiger partial charge in [-0.05, 0) is 36.1 Å². The molecule has 0 bridgehead atoms. The molecule has 4 atom stereocenters. The Hall–Kier alpha value is -4.98. The third-order valence-electron chi connectivity index (χ3n) is 6.22. The fraction of sp³-hybridized carbons (Fsp3) is 0.357. The van der Waals surface area contributed by atoms with Crippen LogP contribution in [0.15, 0.2) is 54.6 Å². The first kappa shape index (κ1) is 33.2. The minimum atomic E-state index is -1.38. The number of hydrogen-bond donors (Lipinski definition) is 8. The van der Waals surface area contributed by atoms with E-state index in [-0.39, 0.29) is 37.9 Å². The van der Waals surface area contributed by atoms with Crippen LogP contribution in [0.1, 0.15) is 36.8 Å². The predicted molar refractivity (Wildman–Crippen MR) is 149 cm³/mol. The van der Waals surface area contributed by atoms with Crippen LogP contribution in [0.25, 0.3) is 0 Å². The molecule has 2 rings (SSSR count). The molecular weight excluding hydrogens is 550 g/mol. The van der Waals surface area contributed by atoms with Crippen molar-refractivity contribution in [2.24, 2.45) is 11.5 Å². The van der Waals surface area contributed by atoms with Gasteiger partial charge in [-0.3, -0.25) is 24.0 Å². The molecule has 10 N–H and O–H groups in total. The fourth-order valence-corrected chi connectivity index (χ4v) is 3.92. The third kappa shape index (κ3) is 11.6. The van der Waals surface area contributed by atoms with Crippen LogP contribution < -0.4 is 27.4 Å². The highest BCUT2D eigenvalue weighted by Gasteiger charge is 2.31. The lowest BCUT2D eigenvalue weighted by Gasteiger charge is -2.25. The molecule has 226 valence electrons. The summed E-state index contributed by atoms with van der Waals surface area (Å²) in [5, 5.41) is 35.5. The Morgan fingerprint density at radius 1 is 0.667 bits per heavy atom. The van der Waals surface area contributed by atoms with Gasteiger partial charge >= 0.3 is 11.9 Å². The van der Waals surface area contributed by atoms with E-state index >= 15 is 0 Å². The van der Waals surface area contributed by atoms with E-state index in [2.05, 4.69) is 16.0 Å². The number of carbonyl (C=O) groups excluding carboxylic acids is 4. The van der Waals surface area contributed by atoms with Crippen LogP contribution in [0.5, 0.6) is 5.75 Å². The average molecular weight is 586 g/mol. The molecule has 0 aromatic heterocycles. The molecule has 4 unspecified atom stereocenters. The van der Waals surface area contributed by atoms with E-state index < -0.39 is 66.2 Å². The van der Waals surface area contributed by atoms with Crippen molar-refractivity contribution in [2.45, 2.75) is 62.7 Å². The van der Waals surface area contributed by atoms with Crippen LogP contribution in [0.4, 0.5) is 0 Å². The lowest BCUT2D eigenvalue weighted by atomic mass is 10.0. The number of primary amides is 1. The van der Waals surface area contributed by atoms with Gasteiger partial charge in [-0.1, -0.05) is 42.5 Å². The van der Waals surface area contributed by atoms with Gasteiger partial charge in [0.25, 0.3) is 0 Å². The second kappa shape index (κ2) is 16.3. The highest BCUT2D eigenvalue weighted by atomic mass is 16.4. The summed E-state index contributed by atoms with van der Waals surface area (Å²) < 4.78 is 0. The fourth-order valence-electron chi connectivity index (χ4n) is 3.92. The molecule has 0 aliphatic carbocycles. The largest absolute Gasteiger partial charge is 0.508 e. The van der Waals surface area contributed by atoms with Crippen molar-refractivity contribution in [3.63, 3.8) is 0 Å². The highest BCUT2D eigenvalue weighted by molar-refractivity contribution is 5.94. The Kier molecular flexibility index (Phi) is 12.9. The van der Waals surface area contributed by atoms with Gasteiger partial charge in [-0.15, -0.1) is 0 Å². The molecule has 0 aliphatic rings. The van der Waals surface area contributed by atoms with E-state index in [0.717, 1.165) is 0 Å². The lowest BCUT2D eigenvalue weighted by molar-refractivity contribution is -0.142. The molecule has 2 aromatic rings. The van der Waals surface area contributed by atoms with Crippen LogP contribution in [0.3, 0.4) is 0 Å². The first-order valence-electron chi connectivity index (χ1n) is 13.1. The SMILES string of the molecule is NC(=O)CCC(NC(=O)C(N)CCC(=O)O)C(=O)NC(Cc1ccc(O)cc1)C(=O)NC(Cc1ccccc1)C(=O)O. The molecule has 4 amide bonds. The van der Waals surface area contributed by atoms with Crippen LogP contribution in [-0.4, -0.2) is 75.1 Å². The van der Waals surface area contributed by atoms with E-state index in [0.29, 0.717) is 11.1 Å². The number of aliphatic carboxylic acids is 2. The molecule has 2 aromatic carbocycles. The Balaban J connectivity index is 2.27. The number of amides is 4. The van der Waals surface area contributed by atoms with E-state index in [1.54, 1.807) is 30.3 Å². The summed E-state index contributed by atoms with van der Waals surface area (Å²) in [6.45, 7) is 0. The van der Waals surface area contributed by atoms with E-state index in [4.69, 9.17) is 16.6 Å². The van der Waals surface area contributed by atoms with Crippen molar-refractivity contribution in [3.8, 4) is 5.75 Å². The summed E-state index contributed by atoms with van der Waals surface area (Å²) in [6, 6.07) is 9.03. The van der Waals surface area contributed by atoms with Crippen molar-refractivity contribution >= 4 is 35.6 Å². The molecule has 14 heteroatoms. The number of aromatic hydroxyl groups is 1. The van der Waals surface area contributed by atoms with Crippen LogP contribution in [0, 0.1) is 0 Å². The molecule has 42 heavy (non-hydrogen) atoms. The number of carboxylic acids is 2. The monoisotopic (exact) mass is 585 g/mol. The number of rotatable bonds is 17. The number of carbonyl (C=O) groups is 6. The molecule has 0 fully saturated rings. The average Bonchev–Trinajstić information content (AvgIpc) is 2.94. The summed E-state index contributed by atoms with van der Waals surface area (Å²) in [5.41, 5.74) is 12.1. The Bertz CT molecular complexity index is 1250. The van der Waals surface area contributed by atoms with Crippen molar-refractivity contribution in [2.75, 3.05) is 0 Å². The number of phenols is 1. The number of carboxylic acid groups (broad SMARTS) is 2. The van der Waals surface area contributed by atoms with Gasteiger partial charge < -0.3 is 42.7 Å². The molecule has 0 saturated heterocycles. The first-order chi connectivity index (χ1) is 19.8. The molecule has 0 aliphatic heterocycles. The summed E-state index contributed by atoms with van der Waals surface area (Å²) in [4.78, 5) is 73.4. The van der Waals surface area contributed by atoms with Crippen molar-refractivity contribution in [1.29, 1.82) is 0 Å². The number of benzene rings is 2. The first-order valence-corrected chi connectivity index (χ1v) is 13.1. The van der Waals surface area contributed by atoms with Crippen LogP contribution >= 0.6 is 0 Å². The number of nitrogens with one attached hydrogen (secondary N) is 3. The number of hydrogen-bond acceptors (Lipinski definition) is 8. The Labute approximate surface area is 241 Å². The maximum atomic E-state index is 13.3. The topological polar surface area (TPSA) is 251 Å². The maximum absolute atomic E-state index is 13.3. The zero-order valence-electron chi connectivity index (χ0n) is 22.7. The molecule has 0 radical (unpaired) electrons. The van der Waals surface area contributed by atoms with Gasteiger partial charge in [0.1, 0.15) is 23.9 Å². The smallest absolute Gasteiger partial charge is 0.326 e. The summed E-state index contributed by atoms with van der Waals surface area (Å²) >= 11 is 0. The molecule has 0 saturated carbocycles. The molecule has 0 heterocycles. The van der Waals surface area contributed by atoms with Crippen molar-refractivity contribution in [1.82, 2.24) is 16.0 Å². The van der Waals surface area contributed by atoms with Crippen molar-refractivity contribution in [3.05, 3.63) is 65.7 Å². The standard InChI is InChI=1S/C28H35N5O9/c29-19(10-13-24(36)37)25(38)31-20(11-12-23(30)35)26(39)32-21(14-17-6-8-18(34)9-7-17)27(40)33-22(28(41)42)15-16-4-2-1-3-5-16/h1-9,19-22,34H,10-15,29H2,(H2,30,35)(H,31,38)(H,32,39)(H,33,40)(H,36,37)(H,41,42). The molecular formula is C28H35N5O9. The normalized spacial score (nSPS) is 13.5. The molecule has 0 spiro atoms. The van der Waals surface area contributed by atoms with E-state index in [1.807, 2.05) is 0 Å². The highest BCUT2D eigenvalue weighted by Crippen LogP contribution is 2.13. The minimum Gasteiger partial charge on any atom is -0.508 e. The second-order valence-corrected chi connectivity index (χ2v) is 9.63. The summed E-state index contributed by atoms with van der Waals surface area (Å²) in [5.74, 6) is -5.84. The van der Waals surface area contributed by atoms with Crippen LogP contribution in [-0.2, 0) is 41.6 Å². The van der Waals surface area contributed by atoms with Gasteiger partial charge in [0.15, 0.2) is 0 Å². The van der Waals surface area contributed by atoms with Gasteiger partial charge in [0.2, 0.25) is 23.6 Å². The Morgan fingerprint density at radius 3 is 1.76 bits per heavy atom. The van der Waals surface area contributed by atoms with Gasteiger partial charge in [0, 0.05) is 25.7 Å². The van der Waals surface area contributed by atoms with Gasteiger partial charge in [0.05, 0.1) is 6.04 Å². The number of phenolic OH excluding ortho intramolecular Hbond substituents is 1. The zero-order chi connectivity index (χ0) is 31.2.